The van der Waals surface area contributed by atoms with Crippen LogP contribution < -0.4 is 9.62 Å². The molecule has 4 atom stereocenters. The Morgan fingerprint density at radius 1 is 1.11 bits per heavy atom. The first-order valence-corrected chi connectivity index (χ1v) is 18.2. The SMILES string of the molecule is C=C[C@@H]1C[C@]1(CC(=O)[C@@H]1CN(c2ccc(Br)cc2)CN1C(=O)[C@@H](CC(=O)OC1CCCC1)C(C)(C)C)C(=O)NS(=O)(=O)C1CC1. The number of halogens is 1. The van der Waals surface area contributed by atoms with E-state index in [4.69, 9.17) is 4.74 Å². The summed E-state index contributed by atoms with van der Waals surface area (Å²) in [6.07, 6.45) is 6.16. The number of sulfonamides is 1. The molecule has 5 rings (SSSR count). The molecule has 0 aromatic heterocycles. The van der Waals surface area contributed by atoms with Gasteiger partial charge in [-0.05, 0) is 80.5 Å². The topological polar surface area (TPSA) is 130 Å². The molecule has 0 radical (unpaired) electrons. The third kappa shape index (κ3) is 7.48. The van der Waals surface area contributed by atoms with Crippen molar-refractivity contribution in [3.63, 3.8) is 0 Å². The van der Waals surface area contributed by atoms with Gasteiger partial charge in [-0.2, -0.15) is 0 Å². The highest BCUT2D eigenvalue weighted by Gasteiger charge is 2.61. The highest BCUT2D eigenvalue weighted by atomic mass is 79.9. The Labute approximate surface area is 274 Å². The lowest BCUT2D eigenvalue weighted by Crippen LogP contribution is -2.49. The van der Waals surface area contributed by atoms with Crippen LogP contribution in [0.25, 0.3) is 0 Å². The van der Waals surface area contributed by atoms with Gasteiger partial charge in [-0.15, -0.1) is 6.58 Å². The number of hydrogen-bond acceptors (Lipinski definition) is 8. The third-order valence-electron chi connectivity index (χ3n) is 9.81. The molecule has 1 N–H and O–H groups in total. The largest absolute Gasteiger partial charge is 0.462 e. The molecule has 3 aliphatic carbocycles. The van der Waals surface area contributed by atoms with E-state index in [1.165, 1.54) is 4.90 Å². The molecule has 3 saturated carbocycles. The van der Waals surface area contributed by atoms with E-state index in [0.717, 1.165) is 35.8 Å². The van der Waals surface area contributed by atoms with E-state index in [9.17, 15) is 27.6 Å². The van der Waals surface area contributed by atoms with Crippen LogP contribution in [0.15, 0.2) is 41.4 Å². The van der Waals surface area contributed by atoms with Gasteiger partial charge in [-0.3, -0.25) is 23.9 Å². The molecule has 0 spiro atoms. The van der Waals surface area contributed by atoms with Crippen molar-refractivity contribution in [2.45, 2.75) is 96.0 Å². The van der Waals surface area contributed by atoms with Gasteiger partial charge in [0.2, 0.25) is 21.8 Å². The van der Waals surface area contributed by atoms with Crippen molar-refractivity contribution in [2.24, 2.45) is 22.7 Å². The van der Waals surface area contributed by atoms with Crippen LogP contribution in [0.1, 0.15) is 78.6 Å². The number of benzene rings is 1. The van der Waals surface area contributed by atoms with Gasteiger partial charge in [0.25, 0.3) is 0 Å². The number of rotatable bonds is 12. The fourth-order valence-corrected chi connectivity index (χ4v) is 8.31. The molecular weight excluding hydrogens is 662 g/mol. The summed E-state index contributed by atoms with van der Waals surface area (Å²) >= 11 is 3.45. The van der Waals surface area contributed by atoms with Gasteiger partial charge in [0.15, 0.2) is 5.78 Å². The monoisotopic (exact) mass is 705 g/mol. The van der Waals surface area contributed by atoms with E-state index < -0.39 is 49.9 Å². The average molecular weight is 707 g/mol. The molecular formula is C33H44BrN3O7S. The smallest absolute Gasteiger partial charge is 0.306 e. The number of nitrogens with one attached hydrogen (secondary N) is 1. The van der Waals surface area contributed by atoms with Crippen LogP contribution in [0, 0.1) is 22.7 Å². The van der Waals surface area contributed by atoms with Gasteiger partial charge < -0.3 is 14.5 Å². The highest BCUT2D eigenvalue weighted by molar-refractivity contribution is 9.10. The van der Waals surface area contributed by atoms with E-state index in [-0.39, 0.29) is 49.8 Å². The summed E-state index contributed by atoms with van der Waals surface area (Å²) < 4.78 is 34.0. The number of amides is 2. The molecule has 4 fully saturated rings. The number of nitrogens with zero attached hydrogens (tertiary/aromatic N) is 2. The molecule has 246 valence electrons. The van der Waals surface area contributed by atoms with Gasteiger partial charge in [-0.25, -0.2) is 8.42 Å². The van der Waals surface area contributed by atoms with Crippen LogP contribution in [-0.2, 0) is 33.9 Å². The van der Waals surface area contributed by atoms with Gasteiger partial charge in [-0.1, -0.05) is 42.8 Å². The Balaban J connectivity index is 1.39. The number of hydrogen-bond donors (Lipinski definition) is 1. The van der Waals surface area contributed by atoms with Crippen molar-refractivity contribution in [2.75, 3.05) is 18.1 Å². The molecule has 45 heavy (non-hydrogen) atoms. The van der Waals surface area contributed by atoms with Gasteiger partial charge >= 0.3 is 5.97 Å². The van der Waals surface area contributed by atoms with Gasteiger partial charge in [0, 0.05) is 23.1 Å². The first-order chi connectivity index (χ1) is 21.1. The van der Waals surface area contributed by atoms with E-state index >= 15 is 0 Å². The normalized spacial score (nSPS) is 26.0. The third-order valence-corrected chi connectivity index (χ3v) is 12.2. The maximum Gasteiger partial charge on any atom is 0.306 e. The maximum atomic E-state index is 14.4. The zero-order valence-electron chi connectivity index (χ0n) is 26.3. The van der Waals surface area contributed by atoms with E-state index in [0.29, 0.717) is 19.3 Å². The number of allylic oxidation sites excluding steroid dienone is 1. The molecule has 12 heteroatoms. The number of Topliss-reactive ketones (excluding diaryl/α,β-unsaturated/α-hetero) is 1. The minimum Gasteiger partial charge on any atom is -0.462 e. The molecule has 1 aromatic rings. The lowest BCUT2D eigenvalue weighted by Gasteiger charge is -2.34. The Kier molecular flexibility index (Phi) is 9.58. The van der Waals surface area contributed by atoms with Crippen LogP contribution in [0.3, 0.4) is 0 Å². The van der Waals surface area contributed by atoms with Crippen molar-refractivity contribution < 1.29 is 32.3 Å². The standard InChI is InChI=1S/C33H44BrN3O7S/c1-5-21-17-33(21,31(41)35-45(42,43)25-14-15-25)18-28(38)27-19-36(23-12-10-22(34)11-13-23)20-37(27)30(40)26(32(2,3)4)16-29(39)44-24-8-6-7-9-24/h5,10-13,21,24-27H,1,6-9,14-20H2,2-4H3,(H,35,41)/t21-,26-,27+,33-/m1/s1. The number of anilines is 1. The van der Waals surface area contributed by atoms with Crippen molar-refractivity contribution in [1.82, 2.24) is 9.62 Å². The second kappa shape index (κ2) is 12.8. The quantitative estimate of drug-likeness (QED) is 0.244. The number of ether oxygens (including phenoxy) is 1. The fraction of sp³-hybridized carbons (Fsp3) is 0.636. The molecule has 4 aliphatic rings. The summed E-state index contributed by atoms with van der Waals surface area (Å²) in [5, 5.41) is -0.577. The zero-order valence-corrected chi connectivity index (χ0v) is 28.7. The summed E-state index contributed by atoms with van der Waals surface area (Å²) in [5.74, 6) is -2.84. The molecule has 2 amide bonds. The number of carbonyl (C=O) groups excluding carboxylic acids is 4. The Morgan fingerprint density at radius 3 is 2.31 bits per heavy atom. The van der Waals surface area contributed by atoms with Crippen LogP contribution in [0.5, 0.6) is 0 Å². The van der Waals surface area contributed by atoms with Crippen molar-refractivity contribution in [3.05, 3.63) is 41.4 Å². The van der Waals surface area contributed by atoms with Crippen molar-refractivity contribution in [3.8, 4) is 0 Å². The molecule has 10 nitrogen and oxygen atoms in total. The molecule has 1 heterocycles. The average Bonchev–Trinajstić information content (AvgIpc) is 3.84. The number of carbonyl (C=O) groups is 4. The predicted molar refractivity (Wildman–Crippen MR) is 173 cm³/mol. The second-order valence-corrected chi connectivity index (χ2v) is 17.1. The number of ketones is 1. The number of esters is 1. The first-order valence-electron chi connectivity index (χ1n) is 15.9. The lowest BCUT2D eigenvalue weighted by molar-refractivity contribution is -0.156. The summed E-state index contributed by atoms with van der Waals surface area (Å²) in [6, 6.07) is 6.66. The zero-order chi connectivity index (χ0) is 32.7. The van der Waals surface area contributed by atoms with Crippen molar-refractivity contribution >= 4 is 55.2 Å². The van der Waals surface area contributed by atoms with Crippen LogP contribution in [0.4, 0.5) is 5.69 Å². The van der Waals surface area contributed by atoms with E-state index in [1.54, 1.807) is 6.08 Å². The molecule has 0 unspecified atom stereocenters. The Hall–Kier alpha value is -2.73. The van der Waals surface area contributed by atoms with Gasteiger partial charge in [0.05, 0.1) is 29.7 Å². The minimum absolute atomic E-state index is 0.0988. The molecule has 1 saturated heterocycles. The summed E-state index contributed by atoms with van der Waals surface area (Å²) in [5.41, 5.74) is -1.01. The maximum absolute atomic E-state index is 14.4. The van der Waals surface area contributed by atoms with Crippen LogP contribution >= 0.6 is 15.9 Å². The van der Waals surface area contributed by atoms with Crippen LogP contribution in [0.2, 0.25) is 0 Å². The minimum atomic E-state index is -3.80. The fourth-order valence-electron chi connectivity index (χ4n) is 6.66. The molecule has 1 aromatic carbocycles. The molecule has 0 bridgehead atoms. The summed E-state index contributed by atoms with van der Waals surface area (Å²) in [7, 11) is -3.80. The van der Waals surface area contributed by atoms with Crippen LogP contribution in [-0.4, -0.2) is 67.5 Å². The first kappa shape index (κ1) is 33.6. The van der Waals surface area contributed by atoms with E-state index in [1.807, 2.05) is 49.9 Å². The highest BCUT2D eigenvalue weighted by Crippen LogP contribution is 2.57. The Morgan fingerprint density at radius 2 is 1.76 bits per heavy atom. The lowest BCUT2D eigenvalue weighted by atomic mass is 9.77. The summed E-state index contributed by atoms with van der Waals surface area (Å²) in [6.45, 7) is 9.83. The Bertz CT molecular complexity index is 1450. The molecule has 1 aliphatic heterocycles. The predicted octanol–water partition coefficient (Wildman–Crippen LogP) is 4.72. The van der Waals surface area contributed by atoms with Gasteiger partial charge in [0.1, 0.15) is 12.1 Å². The summed E-state index contributed by atoms with van der Waals surface area (Å²) in [4.78, 5) is 58.4. The van der Waals surface area contributed by atoms with Crippen molar-refractivity contribution in [1.29, 1.82) is 0 Å². The van der Waals surface area contributed by atoms with E-state index in [2.05, 4.69) is 27.2 Å². The second-order valence-electron chi connectivity index (χ2n) is 14.2.